The van der Waals surface area contributed by atoms with E-state index in [2.05, 4.69) is 5.32 Å². The van der Waals surface area contributed by atoms with E-state index in [1.165, 1.54) is 18.2 Å². The summed E-state index contributed by atoms with van der Waals surface area (Å²) in [7, 11) is 0. The monoisotopic (exact) mass is 484 g/mol. The number of alkyl halides is 3. The number of hydrogen-bond donors (Lipinski definition) is 1. The first-order valence-electron chi connectivity index (χ1n) is 9.83. The molecule has 1 amide bonds. The molecule has 0 aliphatic carbocycles. The highest BCUT2D eigenvalue weighted by Crippen LogP contribution is 2.40. The predicted octanol–water partition coefficient (Wildman–Crippen LogP) is 4.22. The first kappa shape index (κ1) is 24.5. The summed E-state index contributed by atoms with van der Waals surface area (Å²) >= 11 is 0.751. The van der Waals surface area contributed by atoms with Crippen LogP contribution in [-0.2, 0) is 20.4 Å². The van der Waals surface area contributed by atoms with Crippen molar-refractivity contribution in [2.24, 2.45) is 0 Å². The zero-order chi connectivity index (χ0) is 24.0. The summed E-state index contributed by atoms with van der Waals surface area (Å²) in [5.41, 5.74) is -1.88. The third-order valence-corrected chi connectivity index (χ3v) is 5.84. The highest BCUT2D eigenvalue weighted by atomic mass is 32.2. The van der Waals surface area contributed by atoms with Crippen LogP contribution in [0.25, 0.3) is 0 Å². The van der Waals surface area contributed by atoms with Crippen LogP contribution in [0.1, 0.15) is 28.8 Å². The van der Waals surface area contributed by atoms with Crippen LogP contribution < -0.4 is 5.32 Å². The summed E-state index contributed by atoms with van der Waals surface area (Å²) in [5, 5.41) is 13.9. The Morgan fingerprint density at radius 1 is 1.21 bits per heavy atom. The van der Waals surface area contributed by atoms with Crippen molar-refractivity contribution in [1.82, 2.24) is 5.32 Å². The maximum Gasteiger partial charge on any atom is 0.416 e. The van der Waals surface area contributed by atoms with Crippen molar-refractivity contribution in [3.05, 3.63) is 63.7 Å². The summed E-state index contributed by atoms with van der Waals surface area (Å²) in [5.74, 6) is -1.36. The van der Waals surface area contributed by atoms with Gasteiger partial charge in [-0.25, -0.2) is 4.79 Å². The van der Waals surface area contributed by atoms with Gasteiger partial charge in [-0.1, -0.05) is 23.9 Å². The van der Waals surface area contributed by atoms with Crippen molar-refractivity contribution in [2.45, 2.75) is 34.9 Å². The van der Waals surface area contributed by atoms with Gasteiger partial charge in [-0.2, -0.15) is 13.2 Å². The third kappa shape index (κ3) is 6.68. The van der Waals surface area contributed by atoms with Crippen LogP contribution in [0.15, 0.2) is 52.3 Å². The minimum atomic E-state index is -4.74. The highest BCUT2D eigenvalue weighted by Gasteiger charge is 2.33. The number of rotatable bonds is 8. The minimum Gasteiger partial charge on any atom is -0.452 e. The number of hydrogen-bond acceptors (Lipinski definition) is 7. The van der Waals surface area contributed by atoms with E-state index < -0.39 is 40.8 Å². The Morgan fingerprint density at radius 2 is 1.97 bits per heavy atom. The molecule has 0 bridgehead atoms. The molecule has 0 radical (unpaired) electrons. The number of carbonyl (C=O) groups excluding carboxylic acids is 2. The predicted molar refractivity (Wildman–Crippen MR) is 111 cm³/mol. The fourth-order valence-electron chi connectivity index (χ4n) is 3.06. The molecule has 0 aromatic heterocycles. The van der Waals surface area contributed by atoms with E-state index >= 15 is 0 Å². The lowest BCUT2D eigenvalue weighted by Gasteiger charge is -2.12. The molecule has 1 saturated heterocycles. The number of benzene rings is 2. The van der Waals surface area contributed by atoms with Crippen LogP contribution in [0.4, 0.5) is 18.9 Å². The molecule has 8 nitrogen and oxygen atoms in total. The summed E-state index contributed by atoms with van der Waals surface area (Å²) in [6, 6.07) is 8.11. The average molecular weight is 484 g/mol. The SMILES string of the molecule is O=C(COC(=O)c1ccccc1Sc1ccc(C(F)(F)F)cc1[N+](=O)[O-])NC[C@@H]1CCCO1. The number of esters is 1. The third-order valence-electron chi connectivity index (χ3n) is 4.70. The van der Waals surface area contributed by atoms with Gasteiger partial charge in [0.15, 0.2) is 6.61 Å². The molecule has 176 valence electrons. The molecule has 1 atom stereocenters. The van der Waals surface area contributed by atoms with E-state index in [0.717, 1.165) is 36.7 Å². The molecular formula is C21H19F3N2O6S. The number of halogens is 3. The number of nitrogens with one attached hydrogen (secondary N) is 1. The maximum absolute atomic E-state index is 12.9. The van der Waals surface area contributed by atoms with Gasteiger partial charge in [0, 0.05) is 24.1 Å². The van der Waals surface area contributed by atoms with Gasteiger partial charge in [-0.3, -0.25) is 14.9 Å². The summed E-state index contributed by atoms with van der Waals surface area (Å²) < 4.78 is 49.2. The second-order valence-corrected chi connectivity index (χ2v) is 8.13. The van der Waals surface area contributed by atoms with Gasteiger partial charge in [0.2, 0.25) is 0 Å². The molecule has 2 aromatic rings. The molecule has 1 aliphatic heterocycles. The number of ether oxygens (including phenoxy) is 2. The molecule has 1 heterocycles. The van der Waals surface area contributed by atoms with Crippen LogP contribution >= 0.6 is 11.8 Å². The Labute approximate surface area is 190 Å². The topological polar surface area (TPSA) is 108 Å². The van der Waals surface area contributed by atoms with E-state index in [1.54, 1.807) is 6.07 Å². The zero-order valence-electron chi connectivity index (χ0n) is 17.1. The molecule has 2 aromatic carbocycles. The fourth-order valence-corrected chi connectivity index (χ4v) is 4.08. The van der Waals surface area contributed by atoms with E-state index in [1.807, 2.05) is 0 Å². The number of nitro groups is 1. The number of nitrogens with zero attached hydrogens (tertiary/aromatic N) is 1. The molecule has 0 unspecified atom stereocenters. The van der Waals surface area contributed by atoms with Crippen molar-refractivity contribution in [2.75, 3.05) is 19.8 Å². The lowest BCUT2D eigenvalue weighted by atomic mass is 10.2. The van der Waals surface area contributed by atoms with E-state index in [4.69, 9.17) is 9.47 Å². The van der Waals surface area contributed by atoms with Crippen LogP contribution in [-0.4, -0.2) is 42.7 Å². The number of carbonyl (C=O) groups is 2. The van der Waals surface area contributed by atoms with Gasteiger partial charge < -0.3 is 14.8 Å². The fraction of sp³-hybridized carbons (Fsp3) is 0.333. The summed E-state index contributed by atoms with van der Waals surface area (Å²) in [4.78, 5) is 35.0. The Bertz CT molecular complexity index is 1040. The van der Waals surface area contributed by atoms with Crippen LogP contribution in [0.2, 0.25) is 0 Å². The zero-order valence-corrected chi connectivity index (χ0v) is 17.9. The standard InChI is InChI=1S/C21H19F3N2O6S/c22-21(23,24)13-7-8-18(16(10-13)26(29)30)33-17-6-2-1-5-15(17)20(28)32-12-19(27)25-11-14-4-3-9-31-14/h1-2,5-8,10,14H,3-4,9,11-12H2,(H,25,27)/t14-/m0/s1. The maximum atomic E-state index is 12.9. The van der Waals surface area contributed by atoms with Crippen molar-refractivity contribution in [3.8, 4) is 0 Å². The smallest absolute Gasteiger partial charge is 0.416 e. The van der Waals surface area contributed by atoms with Gasteiger partial charge in [-0.15, -0.1) is 0 Å². The Kier molecular flexibility index (Phi) is 7.92. The molecule has 1 fully saturated rings. The molecule has 3 rings (SSSR count). The van der Waals surface area contributed by atoms with E-state index in [0.29, 0.717) is 19.2 Å². The molecule has 1 aliphatic rings. The van der Waals surface area contributed by atoms with Gasteiger partial charge in [0.1, 0.15) is 0 Å². The van der Waals surface area contributed by atoms with Crippen LogP contribution in [0, 0.1) is 10.1 Å². The lowest BCUT2D eigenvalue weighted by molar-refractivity contribution is -0.388. The highest BCUT2D eigenvalue weighted by molar-refractivity contribution is 7.99. The first-order valence-corrected chi connectivity index (χ1v) is 10.6. The minimum absolute atomic E-state index is 0.0172. The van der Waals surface area contributed by atoms with Gasteiger partial charge >= 0.3 is 12.1 Å². The second kappa shape index (κ2) is 10.7. The van der Waals surface area contributed by atoms with Gasteiger partial charge in [0.25, 0.3) is 11.6 Å². The molecule has 12 heteroatoms. The summed E-state index contributed by atoms with van der Waals surface area (Å²) in [6.45, 7) is 0.409. The van der Waals surface area contributed by atoms with Gasteiger partial charge in [0.05, 0.1) is 27.0 Å². The van der Waals surface area contributed by atoms with E-state index in [9.17, 15) is 32.9 Å². The number of nitro benzene ring substituents is 1. The van der Waals surface area contributed by atoms with Crippen molar-refractivity contribution in [3.63, 3.8) is 0 Å². The van der Waals surface area contributed by atoms with E-state index in [-0.39, 0.29) is 21.5 Å². The normalized spacial score (nSPS) is 15.8. The largest absolute Gasteiger partial charge is 0.452 e. The van der Waals surface area contributed by atoms with Crippen molar-refractivity contribution >= 4 is 29.3 Å². The molecule has 0 saturated carbocycles. The Morgan fingerprint density at radius 3 is 2.64 bits per heavy atom. The Balaban J connectivity index is 1.69. The molecule has 0 spiro atoms. The quantitative estimate of drug-likeness (QED) is 0.340. The molecule has 1 N–H and O–H groups in total. The lowest BCUT2D eigenvalue weighted by Crippen LogP contribution is -2.34. The van der Waals surface area contributed by atoms with Crippen LogP contribution in [0.3, 0.4) is 0 Å². The first-order chi connectivity index (χ1) is 15.6. The number of amides is 1. The second-order valence-electron chi connectivity index (χ2n) is 7.05. The van der Waals surface area contributed by atoms with Crippen LogP contribution in [0.5, 0.6) is 0 Å². The average Bonchev–Trinajstić information content (AvgIpc) is 3.29. The van der Waals surface area contributed by atoms with Gasteiger partial charge in [-0.05, 0) is 37.1 Å². The van der Waals surface area contributed by atoms with Crippen molar-refractivity contribution < 1.29 is 37.2 Å². The Hall–Kier alpha value is -3.12. The van der Waals surface area contributed by atoms with Crippen molar-refractivity contribution in [1.29, 1.82) is 0 Å². The molecular weight excluding hydrogens is 465 g/mol. The molecule has 33 heavy (non-hydrogen) atoms. The summed E-state index contributed by atoms with van der Waals surface area (Å²) in [6.07, 6.45) is -3.05.